The first-order chi connectivity index (χ1) is 15.4. The van der Waals surface area contributed by atoms with Crippen LogP contribution in [0.15, 0.2) is 30.3 Å². The Kier molecular flexibility index (Phi) is 11.0. The lowest BCUT2D eigenvalue weighted by Gasteiger charge is -2.31. The second-order valence-electron chi connectivity index (χ2n) is 7.54. The molecule has 33 heavy (non-hydrogen) atoms. The Bertz CT molecular complexity index is 862. The summed E-state index contributed by atoms with van der Waals surface area (Å²) in [6.45, 7) is 1.92. The fraction of sp³-hybridized carbons (Fsp3) is 0.476. The van der Waals surface area contributed by atoms with E-state index in [1.54, 1.807) is 30.3 Å². The van der Waals surface area contributed by atoms with Crippen molar-refractivity contribution in [2.24, 2.45) is 5.73 Å². The minimum atomic E-state index is -1.79. The molecule has 1 aromatic rings. The van der Waals surface area contributed by atoms with E-state index in [0.29, 0.717) is 5.56 Å². The van der Waals surface area contributed by atoms with Crippen molar-refractivity contribution in [3.8, 4) is 0 Å². The number of carbonyl (C=O) groups excluding carboxylic acids is 3. The molecule has 0 radical (unpaired) electrons. The summed E-state index contributed by atoms with van der Waals surface area (Å²) in [6.07, 6.45) is -0.433. The van der Waals surface area contributed by atoms with Gasteiger partial charge in [0.25, 0.3) is 0 Å². The molecule has 12 heteroatoms. The third-order valence-corrected chi connectivity index (χ3v) is 6.41. The van der Waals surface area contributed by atoms with E-state index in [2.05, 4.69) is 10.6 Å². The molecule has 0 aliphatic heterocycles. The molecule has 4 atom stereocenters. The Hall–Kier alpha value is -2.96. The number of hydrogen-bond donors (Lipinski definition) is 6. The lowest BCUT2D eigenvalue weighted by atomic mass is 9.92. The van der Waals surface area contributed by atoms with E-state index in [0.717, 1.165) is 11.8 Å². The Morgan fingerprint density at radius 1 is 1.12 bits per heavy atom. The smallest absolute Gasteiger partial charge is 0.322 e. The first-order valence-corrected chi connectivity index (χ1v) is 11.1. The number of nitrogens with one attached hydrogen (secondary N) is 2. The van der Waals surface area contributed by atoms with Crippen molar-refractivity contribution in [3.63, 3.8) is 0 Å². The molecule has 1 rings (SSSR count). The third-order valence-electron chi connectivity index (χ3n) is 4.82. The highest BCUT2D eigenvalue weighted by molar-refractivity contribution is 7.99. The quantitative estimate of drug-likeness (QED) is 0.204. The summed E-state index contributed by atoms with van der Waals surface area (Å²) in [5.41, 5.74) is 4.22. The van der Waals surface area contributed by atoms with Gasteiger partial charge in [-0.1, -0.05) is 30.3 Å². The van der Waals surface area contributed by atoms with Crippen LogP contribution in [0.1, 0.15) is 37.5 Å². The Morgan fingerprint density at radius 2 is 1.73 bits per heavy atom. The number of rotatable bonds is 14. The highest BCUT2D eigenvalue weighted by Crippen LogP contribution is 2.39. The van der Waals surface area contributed by atoms with E-state index in [4.69, 9.17) is 15.9 Å². The molecule has 0 bridgehead atoms. The minimum Gasteiger partial charge on any atom is -0.480 e. The number of benzene rings is 1. The van der Waals surface area contributed by atoms with Crippen molar-refractivity contribution >= 4 is 41.3 Å². The van der Waals surface area contributed by atoms with Gasteiger partial charge in [0.05, 0.1) is 5.25 Å². The van der Waals surface area contributed by atoms with E-state index >= 15 is 0 Å². The Balaban J connectivity index is 3.02. The van der Waals surface area contributed by atoms with Crippen LogP contribution in [-0.2, 0) is 24.0 Å². The van der Waals surface area contributed by atoms with E-state index < -0.39 is 59.0 Å². The van der Waals surface area contributed by atoms with Crippen LogP contribution in [0.25, 0.3) is 0 Å². The molecule has 0 aromatic heterocycles. The lowest BCUT2D eigenvalue weighted by molar-refractivity contribution is -0.139. The van der Waals surface area contributed by atoms with Gasteiger partial charge in [-0.2, -0.15) is 0 Å². The normalized spacial score (nSPS) is 15.4. The molecule has 4 unspecified atom stereocenters. The number of carboxylic acid groups (broad SMARTS) is 2. The molecule has 0 heterocycles. The van der Waals surface area contributed by atoms with Crippen molar-refractivity contribution < 1.29 is 39.3 Å². The SMILES string of the molecule is CC(=O)C(C)(O)C(SCC(NC(=O)CCC(N)C(=O)O)C(=O)NCC(=O)O)c1ccccc1. The number of thioether (sulfide) groups is 1. The van der Waals surface area contributed by atoms with Crippen LogP contribution < -0.4 is 16.4 Å². The zero-order valence-corrected chi connectivity index (χ0v) is 19.1. The van der Waals surface area contributed by atoms with E-state index in [9.17, 15) is 29.1 Å². The number of amides is 2. The molecule has 0 spiro atoms. The standard InChI is InChI=1S/C21H29N3O8S/c1-12(25)21(2,32)18(13-6-4-3-5-7-13)33-11-15(19(29)23-10-17(27)28)24-16(26)9-8-14(22)20(30)31/h3-7,14-15,18,32H,8-11,22H2,1-2H3,(H,23,29)(H,24,26)(H,27,28)(H,30,31). The van der Waals surface area contributed by atoms with Gasteiger partial charge in [0.2, 0.25) is 11.8 Å². The van der Waals surface area contributed by atoms with Crippen LogP contribution in [0.3, 0.4) is 0 Å². The molecular formula is C21H29N3O8S. The number of aliphatic hydroxyl groups is 1. The first-order valence-electron chi connectivity index (χ1n) is 10.0. The average molecular weight is 484 g/mol. The first kappa shape index (κ1) is 28.1. The third kappa shape index (κ3) is 9.20. The van der Waals surface area contributed by atoms with Crippen LogP contribution >= 0.6 is 11.8 Å². The van der Waals surface area contributed by atoms with E-state index in [1.165, 1.54) is 13.8 Å². The maximum absolute atomic E-state index is 12.5. The molecule has 0 saturated heterocycles. The number of Topliss-reactive ketones (excluding diaryl/α,β-unsaturated/α-hetero) is 1. The molecule has 0 aliphatic rings. The van der Waals surface area contributed by atoms with Crippen LogP contribution in [0.2, 0.25) is 0 Å². The van der Waals surface area contributed by atoms with Gasteiger partial charge in [-0.05, 0) is 25.8 Å². The molecule has 11 nitrogen and oxygen atoms in total. The zero-order chi connectivity index (χ0) is 25.2. The largest absolute Gasteiger partial charge is 0.480 e. The second kappa shape index (κ2) is 12.9. The summed E-state index contributed by atoms with van der Waals surface area (Å²) in [7, 11) is 0. The molecular weight excluding hydrogens is 454 g/mol. The molecule has 182 valence electrons. The summed E-state index contributed by atoms with van der Waals surface area (Å²) in [4.78, 5) is 58.5. The topological polar surface area (TPSA) is 196 Å². The van der Waals surface area contributed by atoms with Gasteiger partial charge in [0, 0.05) is 12.2 Å². The minimum absolute atomic E-state index is 0.106. The van der Waals surface area contributed by atoms with Gasteiger partial charge in [-0.3, -0.25) is 24.0 Å². The number of aliphatic carboxylic acids is 2. The predicted octanol–water partition coefficient (Wildman–Crippen LogP) is -0.321. The Morgan fingerprint density at radius 3 is 2.24 bits per heavy atom. The van der Waals surface area contributed by atoms with Crippen LogP contribution in [0.5, 0.6) is 0 Å². The average Bonchev–Trinajstić information content (AvgIpc) is 2.75. The van der Waals surface area contributed by atoms with Crippen molar-refractivity contribution in [1.29, 1.82) is 0 Å². The molecule has 1 aromatic carbocycles. The Labute approximate surface area is 195 Å². The number of carboxylic acids is 2. The van der Waals surface area contributed by atoms with Gasteiger partial charge in [0.1, 0.15) is 24.2 Å². The molecule has 0 aliphatic carbocycles. The zero-order valence-electron chi connectivity index (χ0n) is 18.3. The van der Waals surface area contributed by atoms with Gasteiger partial charge < -0.3 is 31.7 Å². The summed E-state index contributed by atoms with van der Waals surface area (Å²) < 4.78 is 0. The molecule has 0 saturated carbocycles. The van der Waals surface area contributed by atoms with Crippen molar-refractivity contribution in [2.45, 2.75) is 49.6 Å². The number of hydrogen-bond acceptors (Lipinski definition) is 8. The molecule has 0 fully saturated rings. The summed E-state index contributed by atoms with van der Waals surface area (Å²) >= 11 is 1.04. The fourth-order valence-electron chi connectivity index (χ4n) is 2.73. The highest BCUT2D eigenvalue weighted by Gasteiger charge is 2.39. The second-order valence-corrected chi connectivity index (χ2v) is 8.68. The maximum atomic E-state index is 12.5. The van der Waals surface area contributed by atoms with Gasteiger partial charge in [0.15, 0.2) is 5.78 Å². The lowest BCUT2D eigenvalue weighted by Crippen LogP contribution is -2.50. The van der Waals surface area contributed by atoms with Crippen LogP contribution in [0, 0.1) is 0 Å². The highest BCUT2D eigenvalue weighted by atomic mass is 32.2. The van der Waals surface area contributed by atoms with Crippen molar-refractivity contribution in [1.82, 2.24) is 10.6 Å². The maximum Gasteiger partial charge on any atom is 0.322 e. The monoisotopic (exact) mass is 483 g/mol. The number of nitrogens with two attached hydrogens (primary N) is 1. The van der Waals surface area contributed by atoms with Crippen LogP contribution in [-0.4, -0.2) is 74.8 Å². The summed E-state index contributed by atoms with van der Waals surface area (Å²) in [5.74, 6) is -4.60. The van der Waals surface area contributed by atoms with E-state index in [1.807, 2.05) is 0 Å². The van der Waals surface area contributed by atoms with Gasteiger partial charge in [-0.25, -0.2) is 0 Å². The summed E-state index contributed by atoms with van der Waals surface area (Å²) in [5, 5.41) is 32.3. The van der Waals surface area contributed by atoms with Crippen molar-refractivity contribution in [2.75, 3.05) is 12.3 Å². The number of ketones is 1. The molecule has 7 N–H and O–H groups in total. The predicted molar refractivity (Wildman–Crippen MR) is 120 cm³/mol. The van der Waals surface area contributed by atoms with Crippen LogP contribution in [0.4, 0.5) is 0 Å². The van der Waals surface area contributed by atoms with E-state index in [-0.39, 0.29) is 18.6 Å². The van der Waals surface area contributed by atoms with Crippen molar-refractivity contribution in [3.05, 3.63) is 35.9 Å². The summed E-state index contributed by atoms with van der Waals surface area (Å²) in [6, 6.07) is 6.17. The van der Waals surface area contributed by atoms with Gasteiger partial charge >= 0.3 is 11.9 Å². The number of carbonyl (C=O) groups is 5. The van der Waals surface area contributed by atoms with Gasteiger partial charge in [-0.15, -0.1) is 11.8 Å². The molecule has 2 amide bonds. The fourth-order valence-corrected chi connectivity index (χ4v) is 4.19.